The van der Waals surface area contributed by atoms with Crippen LogP contribution >= 0.6 is 0 Å². The van der Waals surface area contributed by atoms with Crippen molar-refractivity contribution in [1.29, 1.82) is 0 Å². The molecule has 2 amide bonds. The number of amides is 2. The molecule has 1 saturated carbocycles. The van der Waals surface area contributed by atoms with Gasteiger partial charge in [0, 0.05) is 37.4 Å². The zero-order valence-corrected chi connectivity index (χ0v) is 21.9. The van der Waals surface area contributed by atoms with Gasteiger partial charge in [0.25, 0.3) is 11.8 Å². The van der Waals surface area contributed by atoms with Crippen molar-refractivity contribution in [2.24, 2.45) is 0 Å². The molecule has 11 heteroatoms. The summed E-state index contributed by atoms with van der Waals surface area (Å²) in [6.07, 6.45) is 5.12. The van der Waals surface area contributed by atoms with Crippen LogP contribution in [0.4, 0.5) is 14.6 Å². The topological polar surface area (TPSA) is 99.5 Å². The highest BCUT2D eigenvalue weighted by atomic mass is 19.3. The number of halogens is 2. The Bertz CT molecular complexity index is 1330. The van der Waals surface area contributed by atoms with E-state index in [9.17, 15) is 18.4 Å². The van der Waals surface area contributed by atoms with Crippen LogP contribution in [0, 0.1) is 0 Å². The van der Waals surface area contributed by atoms with Crippen LogP contribution in [0.25, 0.3) is 5.65 Å². The van der Waals surface area contributed by atoms with Crippen LogP contribution < -0.4 is 4.90 Å². The number of nitrogens with one attached hydrogen (secondary N) is 1. The summed E-state index contributed by atoms with van der Waals surface area (Å²) in [6, 6.07) is 1.96. The van der Waals surface area contributed by atoms with E-state index >= 15 is 0 Å². The number of carbonyl (C=O) groups excluding carboxylic acids is 2. The minimum Gasteiger partial charge on any atom is -0.331 e. The fourth-order valence-electron chi connectivity index (χ4n) is 5.33. The number of fused-ring (bicyclic) bond motifs is 1. The number of anilines is 1. The molecule has 0 atom stereocenters. The number of piperazine rings is 1. The molecule has 0 aromatic carbocycles. The lowest BCUT2D eigenvalue weighted by molar-refractivity contribution is -0.129. The van der Waals surface area contributed by atoms with Gasteiger partial charge in [0.15, 0.2) is 5.65 Å². The molecule has 37 heavy (non-hydrogen) atoms. The number of aromatic nitrogens is 5. The van der Waals surface area contributed by atoms with Gasteiger partial charge >= 0.3 is 0 Å². The predicted molar refractivity (Wildman–Crippen MR) is 134 cm³/mol. The van der Waals surface area contributed by atoms with E-state index in [2.05, 4.69) is 15.0 Å². The Labute approximate surface area is 214 Å². The number of hydrogen-bond acceptors (Lipinski definition) is 5. The second-order valence-corrected chi connectivity index (χ2v) is 11.7. The molecule has 2 fully saturated rings. The van der Waals surface area contributed by atoms with Gasteiger partial charge in [0.05, 0.1) is 24.4 Å². The van der Waals surface area contributed by atoms with Gasteiger partial charge in [-0.2, -0.15) is 5.10 Å². The van der Waals surface area contributed by atoms with Gasteiger partial charge in [0.1, 0.15) is 17.1 Å². The first kappa shape index (κ1) is 25.3. The summed E-state index contributed by atoms with van der Waals surface area (Å²) in [4.78, 5) is 41.8. The Kier molecular flexibility index (Phi) is 5.87. The molecule has 0 radical (unpaired) electrons. The fourth-order valence-corrected chi connectivity index (χ4v) is 5.33. The van der Waals surface area contributed by atoms with Crippen molar-refractivity contribution < 1.29 is 18.4 Å². The summed E-state index contributed by atoms with van der Waals surface area (Å²) >= 11 is 0. The van der Waals surface area contributed by atoms with E-state index in [1.54, 1.807) is 40.6 Å². The summed E-state index contributed by atoms with van der Waals surface area (Å²) in [5.41, 5.74) is 0.979. The van der Waals surface area contributed by atoms with E-state index in [1.165, 1.54) is 6.33 Å². The van der Waals surface area contributed by atoms with Gasteiger partial charge in [0.2, 0.25) is 5.92 Å². The average molecular weight is 514 g/mol. The van der Waals surface area contributed by atoms with Crippen molar-refractivity contribution in [2.75, 3.05) is 18.0 Å². The zero-order valence-electron chi connectivity index (χ0n) is 21.9. The number of nitrogens with zero attached hydrogens (tertiary/aromatic N) is 6. The number of rotatable bonds is 3. The molecule has 1 N–H and O–H groups in total. The van der Waals surface area contributed by atoms with Gasteiger partial charge in [-0.1, -0.05) is 20.8 Å². The third-order valence-corrected chi connectivity index (χ3v) is 7.62. The molecule has 2 aliphatic rings. The minimum absolute atomic E-state index is 0.0706. The normalized spacial score (nSPS) is 20.6. The first-order chi connectivity index (χ1) is 17.3. The molecule has 5 rings (SSSR count). The zero-order chi connectivity index (χ0) is 26.8. The molecule has 9 nitrogen and oxygen atoms in total. The smallest absolute Gasteiger partial charge is 0.275 e. The molecule has 0 unspecified atom stereocenters. The maximum atomic E-state index is 13.8. The van der Waals surface area contributed by atoms with Crippen molar-refractivity contribution in [1.82, 2.24) is 29.5 Å². The first-order valence-electron chi connectivity index (χ1n) is 12.7. The molecule has 0 bridgehead atoms. The Morgan fingerprint density at radius 1 is 1.16 bits per heavy atom. The van der Waals surface area contributed by atoms with Crippen LogP contribution in [-0.4, -0.2) is 65.8 Å². The van der Waals surface area contributed by atoms with Crippen LogP contribution in [-0.2, 0) is 10.2 Å². The summed E-state index contributed by atoms with van der Waals surface area (Å²) in [5, 5.41) is 4.72. The standard InChI is InChI=1S/C26H33F2N7O2/c1-24(2,3)17-12-18(16-6-8-26(27,28)9-7-16)32-35-14-19(31-21(17)35)22(36)34-11-10-33(20-13-29-15-30-20)23(37)25(34,4)5/h12-16H,6-11H2,1-5H3,(H,29,30). The van der Waals surface area contributed by atoms with E-state index in [-0.39, 0.29) is 41.7 Å². The first-order valence-corrected chi connectivity index (χ1v) is 12.7. The molecular formula is C26H33F2N7O2. The number of imidazole rings is 2. The molecular weight excluding hydrogens is 480 g/mol. The summed E-state index contributed by atoms with van der Waals surface area (Å²) in [5.74, 6) is -2.67. The molecule has 198 valence electrons. The Balaban J connectivity index is 1.48. The summed E-state index contributed by atoms with van der Waals surface area (Å²) in [6.45, 7) is 10.2. The third kappa shape index (κ3) is 4.48. The second kappa shape index (κ2) is 8.59. The number of aromatic amines is 1. The molecule has 1 aliphatic carbocycles. The predicted octanol–water partition coefficient (Wildman–Crippen LogP) is 4.31. The van der Waals surface area contributed by atoms with Gasteiger partial charge in [-0.15, -0.1) is 0 Å². The van der Waals surface area contributed by atoms with E-state index in [1.807, 2.05) is 26.8 Å². The van der Waals surface area contributed by atoms with Crippen LogP contribution in [0.1, 0.15) is 88.0 Å². The van der Waals surface area contributed by atoms with Crippen LogP contribution in [0.2, 0.25) is 0 Å². The molecule has 1 saturated heterocycles. The molecule has 3 aromatic heterocycles. The Morgan fingerprint density at radius 3 is 2.49 bits per heavy atom. The quantitative estimate of drug-likeness (QED) is 0.563. The number of hydrogen-bond donors (Lipinski definition) is 1. The number of H-pyrrole nitrogens is 1. The van der Waals surface area contributed by atoms with Crippen molar-refractivity contribution in [3.05, 3.63) is 41.7 Å². The fraction of sp³-hybridized carbons (Fsp3) is 0.577. The van der Waals surface area contributed by atoms with Crippen LogP contribution in [0.15, 0.2) is 24.8 Å². The van der Waals surface area contributed by atoms with Gasteiger partial charge in [-0.3, -0.25) is 14.5 Å². The third-order valence-electron chi connectivity index (χ3n) is 7.62. The van der Waals surface area contributed by atoms with E-state index in [0.717, 1.165) is 11.3 Å². The molecule has 0 spiro atoms. The van der Waals surface area contributed by atoms with Crippen molar-refractivity contribution in [3.8, 4) is 0 Å². The maximum Gasteiger partial charge on any atom is 0.275 e. The van der Waals surface area contributed by atoms with Crippen molar-refractivity contribution in [3.63, 3.8) is 0 Å². The van der Waals surface area contributed by atoms with Crippen LogP contribution in [0.5, 0.6) is 0 Å². The maximum absolute atomic E-state index is 13.8. The molecule has 4 heterocycles. The lowest BCUT2D eigenvalue weighted by atomic mass is 9.82. The van der Waals surface area contributed by atoms with E-state index < -0.39 is 11.5 Å². The highest BCUT2D eigenvalue weighted by Crippen LogP contribution is 2.41. The average Bonchev–Trinajstić information content (AvgIpc) is 3.49. The van der Waals surface area contributed by atoms with E-state index in [4.69, 9.17) is 5.10 Å². The molecule has 3 aromatic rings. The lowest BCUT2D eigenvalue weighted by Crippen LogP contribution is -2.65. The highest BCUT2D eigenvalue weighted by molar-refractivity contribution is 6.05. The SMILES string of the molecule is CC(C)(C)c1cc(C2CCC(F)(F)CC2)nn2cc(C(=O)N3CCN(c4cnc[nH]4)C(=O)C3(C)C)nc12. The number of alkyl halides is 2. The van der Waals surface area contributed by atoms with Gasteiger partial charge in [-0.25, -0.2) is 23.3 Å². The van der Waals surface area contributed by atoms with Crippen molar-refractivity contribution in [2.45, 2.75) is 83.1 Å². The second-order valence-electron chi connectivity index (χ2n) is 11.7. The number of carbonyl (C=O) groups is 2. The summed E-state index contributed by atoms with van der Waals surface area (Å²) < 4.78 is 29.1. The highest BCUT2D eigenvalue weighted by Gasteiger charge is 2.46. The molecule has 1 aliphatic heterocycles. The summed E-state index contributed by atoms with van der Waals surface area (Å²) in [7, 11) is 0. The Morgan fingerprint density at radius 2 is 1.86 bits per heavy atom. The largest absolute Gasteiger partial charge is 0.331 e. The Hall–Kier alpha value is -3.37. The van der Waals surface area contributed by atoms with Gasteiger partial charge < -0.3 is 9.88 Å². The van der Waals surface area contributed by atoms with Gasteiger partial charge in [-0.05, 0) is 38.2 Å². The van der Waals surface area contributed by atoms with Crippen LogP contribution in [0.3, 0.4) is 0 Å². The monoisotopic (exact) mass is 513 g/mol. The lowest BCUT2D eigenvalue weighted by Gasteiger charge is -2.45. The van der Waals surface area contributed by atoms with E-state index in [0.29, 0.717) is 37.4 Å². The van der Waals surface area contributed by atoms with Crippen molar-refractivity contribution >= 4 is 23.3 Å². The minimum atomic E-state index is -2.62.